The molecule has 1 rings (SSSR count). The first-order valence-electron chi connectivity index (χ1n) is 4.73. The van der Waals surface area contributed by atoms with Gasteiger partial charge >= 0.3 is 6.03 Å². The molecular weight excluding hydrogens is 306 g/mol. The SMILES string of the molecule is COc1c(Br)cc(C=NNC(N)=O)c(O)c1OC. The summed E-state index contributed by atoms with van der Waals surface area (Å²) in [5.74, 6) is 0.356. The molecule has 7 nitrogen and oxygen atoms in total. The van der Waals surface area contributed by atoms with Crippen molar-refractivity contribution in [2.75, 3.05) is 14.2 Å². The van der Waals surface area contributed by atoms with Crippen molar-refractivity contribution in [3.8, 4) is 17.2 Å². The number of carbonyl (C=O) groups excluding carboxylic acids is 1. The van der Waals surface area contributed by atoms with Gasteiger partial charge in [0.1, 0.15) is 0 Å². The average Bonchev–Trinajstić information content (AvgIpc) is 2.32. The Morgan fingerprint density at radius 1 is 1.50 bits per heavy atom. The number of nitrogens with one attached hydrogen (secondary N) is 1. The second-order valence-corrected chi connectivity index (χ2v) is 3.95. The zero-order chi connectivity index (χ0) is 13.7. The van der Waals surface area contributed by atoms with Crippen LogP contribution in [0.15, 0.2) is 15.6 Å². The van der Waals surface area contributed by atoms with Gasteiger partial charge in [0.2, 0.25) is 5.75 Å². The van der Waals surface area contributed by atoms with Gasteiger partial charge in [0, 0.05) is 5.56 Å². The Labute approximate surface area is 112 Å². The summed E-state index contributed by atoms with van der Waals surface area (Å²) in [6, 6.07) is 0.758. The number of hydrogen-bond acceptors (Lipinski definition) is 5. The fourth-order valence-electron chi connectivity index (χ4n) is 1.26. The van der Waals surface area contributed by atoms with E-state index in [1.165, 1.54) is 20.4 Å². The van der Waals surface area contributed by atoms with Gasteiger partial charge < -0.3 is 20.3 Å². The summed E-state index contributed by atoms with van der Waals surface area (Å²) in [4.78, 5) is 10.4. The van der Waals surface area contributed by atoms with Gasteiger partial charge in [0.05, 0.1) is 24.9 Å². The van der Waals surface area contributed by atoms with Crippen LogP contribution in [0.3, 0.4) is 0 Å². The Morgan fingerprint density at radius 3 is 2.61 bits per heavy atom. The van der Waals surface area contributed by atoms with Crippen LogP contribution in [0, 0.1) is 0 Å². The van der Waals surface area contributed by atoms with E-state index in [4.69, 9.17) is 15.2 Å². The first-order chi connectivity index (χ1) is 8.51. The van der Waals surface area contributed by atoms with Gasteiger partial charge in [-0.2, -0.15) is 5.10 Å². The van der Waals surface area contributed by atoms with E-state index in [1.54, 1.807) is 6.07 Å². The molecule has 0 aliphatic carbocycles. The third kappa shape index (κ3) is 3.04. The minimum Gasteiger partial charge on any atom is -0.504 e. The summed E-state index contributed by atoms with van der Waals surface area (Å²) < 4.78 is 10.7. The third-order valence-corrected chi connectivity index (χ3v) is 2.57. The number of hydrogen-bond donors (Lipinski definition) is 3. The van der Waals surface area contributed by atoms with Gasteiger partial charge in [0.15, 0.2) is 11.5 Å². The maximum Gasteiger partial charge on any atom is 0.332 e. The molecule has 0 spiro atoms. The lowest BCUT2D eigenvalue weighted by atomic mass is 10.2. The molecule has 98 valence electrons. The number of primary amides is 1. The van der Waals surface area contributed by atoms with Crippen molar-refractivity contribution >= 4 is 28.2 Å². The summed E-state index contributed by atoms with van der Waals surface area (Å²) in [5, 5.41) is 13.5. The number of nitrogens with zero attached hydrogens (tertiary/aromatic N) is 1. The monoisotopic (exact) mass is 317 g/mol. The molecule has 0 saturated heterocycles. The van der Waals surface area contributed by atoms with Gasteiger partial charge in [0.25, 0.3) is 0 Å². The number of nitrogens with two attached hydrogens (primary N) is 1. The highest BCUT2D eigenvalue weighted by Gasteiger charge is 2.17. The van der Waals surface area contributed by atoms with Crippen molar-refractivity contribution in [3.63, 3.8) is 0 Å². The van der Waals surface area contributed by atoms with Gasteiger partial charge in [-0.3, -0.25) is 0 Å². The molecule has 0 heterocycles. The van der Waals surface area contributed by atoms with Gasteiger partial charge in [-0.15, -0.1) is 0 Å². The number of carbonyl (C=O) groups is 1. The van der Waals surface area contributed by atoms with E-state index in [-0.39, 0.29) is 11.5 Å². The highest BCUT2D eigenvalue weighted by Crippen LogP contribution is 2.43. The highest BCUT2D eigenvalue weighted by atomic mass is 79.9. The van der Waals surface area contributed by atoms with E-state index < -0.39 is 6.03 Å². The molecule has 0 fully saturated rings. The minimum absolute atomic E-state index is 0.160. The topological polar surface area (TPSA) is 106 Å². The van der Waals surface area contributed by atoms with Crippen molar-refractivity contribution in [1.82, 2.24) is 5.43 Å². The number of benzene rings is 1. The van der Waals surface area contributed by atoms with Gasteiger partial charge in [-0.1, -0.05) is 0 Å². The highest BCUT2D eigenvalue weighted by molar-refractivity contribution is 9.10. The van der Waals surface area contributed by atoms with Crippen LogP contribution in [0.5, 0.6) is 17.2 Å². The zero-order valence-electron chi connectivity index (χ0n) is 9.73. The van der Waals surface area contributed by atoms with Crippen LogP contribution in [0.2, 0.25) is 0 Å². The summed E-state index contributed by atoms with van der Waals surface area (Å²) in [7, 11) is 2.84. The molecule has 0 aromatic heterocycles. The van der Waals surface area contributed by atoms with E-state index in [9.17, 15) is 9.90 Å². The lowest BCUT2D eigenvalue weighted by molar-refractivity contribution is 0.249. The number of halogens is 1. The van der Waals surface area contributed by atoms with Crippen molar-refractivity contribution in [2.45, 2.75) is 0 Å². The Hall–Kier alpha value is -1.96. The lowest BCUT2D eigenvalue weighted by Gasteiger charge is -2.12. The fraction of sp³-hybridized carbons (Fsp3) is 0.200. The Bertz CT molecular complexity index is 491. The summed E-state index contributed by atoms with van der Waals surface area (Å²) in [6.07, 6.45) is 1.23. The maximum atomic E-state index is 10.4. The fourth-order valence-corrected chi connectivity index (χ4v) is 1.85. The minimum atomic E-state index is -0.801. The molecule has 0 aliphatic rings. The van der Waals surface area contributed by atoms with Crippen LogP contribution in [-0.2, 0) is 0 Å². The van der Waals surface area contributed by atoms with Crippen LogP contribution in [0.1, 0.15) is 5.56 Å². The van der Waals surface area contributed by atoms with Crippen molar-refractivity contribution < 1.29 is 19.4 Å². The number of phenolic OH excluding ortho intramolecular Hbond substituents is 1. The first-order valence-corrected chi connectivity index (χ1v) is 5.52. The number of rotatable bonds is 4. The van der Waals surface area contributed by atoms with E-state index >= 15 is 0 Å². The Balaban J connectivity index is 3.18. The summed E-state index contributed by atoms with van der Waals surface area (Å²) in [5.41, 5.74) is 7.19. The van der Waals surface area contributed by atoms with Crippen molar-refractivity contribution in [2.24, 2.45) is 10.8 Å². The standard InChI is InChI=1S/C10H12BrN3O4/c1-17-8-6(11)3-5(4-13-14-10(12)16)7(15)9(8)18-2/h3-4,15H,1-2H3,(H3,12,14,16). The quantitative estimate of drug-likeness (QED) is 0.572. The Kier molecular flexibility index (Phi) is 4.78. The van der Waals surface area contributed by atoms with Gasteiger partial charge in [-0.25, -0.2) is 10.2 Å². The summed E-state index contributed by atoms with van der Waals surface area (Å²) >= 11 is 3.26. The predicted octanol–water partition coefficient (Wildman–Crippen LogP) is 1.17. The number of ether oxygens (including phenoxy) is 2. The molecule has 0 unspecified atom stereocenters. The number of urea groups is 1. The molecule has 1 aromatic rings. The van der Waals surface area contributed by atoms with E-state index in [2.05, 4.69) is 21.0 Å². The molecule has 0 aliphatic heterocycles. The molecule has 8 heteroatoms. The molecule has 1 aromatic carbocycles. The zero-order valence-corrected chi connectivity index (χ0v) is 11.3. The molecule has 2 amide bonds. The van der Waals surface area contributed by atoms with Crippen molar-refractivity contribution in [1.29, 1.82) is 0 Å². The summed E-state index contributed by atoms with van der Waals surface area (Å²) in [6.45, 7) is 0. The predicted molar refractivity (Wildman–Crippen MR) is 69.2 cm³/mol. The molecule has 0 atom stereocenters. The number of methoxy groups -OCH3 is 2. The largest absolute Gasteiger partial charge is 0.504 e. The maximum absolute atomic E-state index is 10.4. The van der Waals surface area contributed by atoms with Crippen LogP contribution in [0.25, 0.3) is 0 Å². The lowest BCUT2D eigenvalue weighted by Crippen LogP contribution is -2.24. The van der Waals surface area contributed by atoms with E-state index in [0.717, 1.165) is 0 Å². The van der Waals surface area contributed by atoms with Crippen LogP contribution in [0.4, 0.5) is 4.79 Å². The number of hydrazone groups is 1. The third-order valence-electron chi connectivity index (χ3n) is 1.98. The molecule has 0 bridgehead atoms. The van der Waals surface area contributed by atoms with Gasteiger partial charge in [-0.05, 0) is 22.0 Å². The van der Waals surface area contributed by atoms with Crippen LogP contribution >= 0.6 is 15.9 Å². The molecule has 0 radical (unpaired) electrons. The normalized spacial score (nSPS) is 10.4. The average molecular weight is 318 g/mol. The number of phenols is 1. The molecular formula is C10H12BrN3O4. The van der Waals surface area contributed by atoms with Crippen LogP contribution in [-0.4, -0.2) is 31.6 Å². The first kappa shape index (κ1) is 14.1. The molecule has 18 heavy (non-hydrogen) atoms. The Morgan fingerprint density at radius 2 is 2.11 bits per heavy atom. The molecule has 0 saturated carbocycles. The second-order valence-electron chi connectivity index (χ2n) is 3.10. The van der Waals surface area contributed by atoms with Crippen molar-refractivity contribution in [3.05, 3.63) is 16.1 Å². The number of amides is 2. The second kappa shape index (κ2) is 6.10. The smallest absolute Gasteiger partial charge is 0.332 e. The van der Waals surface area contributed by atoms with E-state index in [1.807, 2.05) is 5.43 Å². The molecule has 4 N–H and O–H groups in total. The number of aromatic hydroxyl groups is 1. The van der Waals surface area contributed by atoms with E-state index in [0.29, 0.717) is 15.8 Å². The van der Waals surface area contributed by atoms with Crippen LogP contribution < -0.4 is 20.6 Å².